The summed E-state index contributed by atoms with van der Waals surface area (Å²) in [5.41, 5.74) is 2.89. The molecule has 0 unspecified atom stereocenters. The van der Waals surface area contributed by atoms with Crippen molar-refractivity contribution >= 4 is 17.7 Å². The normalized spacial score (nSPS) is 15.0. The molecule has 0 saturated heterocycles. The van der Waals surface area contributed by atoms with E-state index in [0.29, 0.717) is 17.9 Å². The largest absolute Gasteiger partial charge is 0.494 e. The Morgan fingerprint density at radius 3 is 2.57 bits per heavy atom. The number of carbonyl (C=O) groups is 3. The Morgan fingerprint density at radius 1 is 1.03 bits per heavy atom. The van der Waals surface area contributed by atoms with E-state index in [9.17, 15) is 14.4 Å². The van der Waals surface area contributed by atoms with E-state index < -0.39 is 5.97 Å². The van der Waals surface area contributed by atoms with Gasteiger partial charge in [-0.15, -0.1) is 0 Å². The highest BCUT2D eigenvalue weighted by molar-refractivity contribution is 5.97. The lowest BCUT2D eigenvalue weighted by atomic mass is 9.88. The number of ketones is 1. The zero-order valence-electron chi connectivity index (χ0n) is 17.2. The fourth-order valence-electron chi connectivity index (χ4n) is 3.62. The predicted octanol–water partition coefficient (Wildman–Crippen LogP) is 3.79. The molecule has 1 N–H and O–H groups in total. The monoisotopic (exact) mass is 409 g/mol. The van der Waals surface area contributed by atoms with Gasteiger partial charge in [0.1, 0.15) is 5.75 Å². The van der Waals surface area contributed by atoms with Crippen molar-refractivity contribution in [3.8, 4) is 5.75 Å². The molecule has 2 aromatic rings. The number of fused-ring (bicyclic) bond motifs is 1. The Kier molecular flexibility index (Phi) is 7.60. The second-order valence-electron chi connectivity index (χ2n) is 7.25. The van der Waals surface area contributed by atoms with Gasteiger partial charge in [-0.05, 0) is 61.6 Å². The maximum Gasteiger partial charge on any atom is 0.306 e. The molecule has 0 aliphatic heterocycles. The van der Waals surface area contributed by atoms with E-state index in [1.807, 2.05) is 25.1 Å². The second kappa shape index (κ2) is 10.6. The summed E-state index contributed by atoms with van der Waals surface area (Å²) in [6.45, 7) is 2.10. The SMILES string of the molecule is CCOc1ccc(C(=O)CCC(=O)OCC(=O)N[C@@H]2CCCc3ccccc32)cc1. The third kappa shape index (κ3) is 5.92. The Morgan fingerprint density at radius 2 is 1.80 bits per heavy atom. The Labute approximate surface area is 176 Å². The van der Waals surface area contributed by atoms with Crippen molar-refractivity contribution in [1.29, 1.82) is 0 Å². The summed E-state index contributed by atoms with van der Waals surface area (Å²) in [5.74, 6) is -0.352. The number of rotatable bonds is 9. The molecule has 30 heavy (non-hydrogen) atoms. The average Bonchev–Trinajstić information content (AvgIpc) is 2.77. The number of carbonyl (C=O) groups excluding carboxylic acids is 3. The van der Waals surface area contributed by atoms with E-state index in [0.717, 1.165) is 24.8 Å². The minimum Gasteiger partial charge on any atom is -0.494 e. The second-order valence-corrected chi connectivity index (χ2v) is 7.25. The molecule has 0 radical (unpaired) electrons. The van der Waals surface area contributed by atoms with E-state index in [2.05, 4.69) is 11.4 Å². The van der Waals surface area contributed by atoms with Crippen molar-refractivity contribution < 1.29 is 23.9 Å². The summed E-state index contributed by atoms with van der Waals surface area (Å²) in [5, 5.41) is 2.94. The first-order valence-electron chi connectivity index (χ1n) is 10.4. The topological polar surface area (TPSA) is 81.7 Å². The number of aryl methyl sites for hydroxylation is 1. The van der Waals surface area contributed by atoms with Gasteiger partial charge in [-0.3, -0.25) is 14.4 Å². The van der Waals surface area contributed by atoms with Gasteiger partial charge in [-0.25, -0.2) is 0 Å². The molecular weight excluding hydrogens is 382 g/mol. The summed E-state index contributed by atoms with van der Waals surface area (Å²) < 4.78 is 10.4. The lowest BCUT2D eigenvalue weighted by Crippen LogP contribution is -2.34. The van der Waals surface area contributed by atoms with Crippen molar-refractivity contribution in [2.24, 2.45) is 0 Å². The molecule has 1 atom stereocenters. The van der Waals surface area contributed by atoms with Crippen LogP contribution in [0, 0.1) is 0 Å². The van der Waals surface area contributed by atoms with Crippen LogP contribution in [0.15, 0.2) is 48.5 Å². The van der Waals surface area contributed by atoms with Crippen molar-refractivity contribution in [3.05, 3.63) is 65.2 Å². The fraction of sp³-hybridized carbons (Fsp3) is 0.375. The smallest absolute Gasteiger partial charge is 0.306 e. The van der Waals surface area contributed by atoms with Crippen LogP contribution in [0.3, 0.4) is 0 Å². The van der Waals surface area contributed by atoms with E-state index in [4.69, 9.17) is 9.47 Å². The molecule has 3 rings (SSSR count). The van der Waals surface area contributed by atoms with Crippen LogP contribution in [0.25, 0.3) is 0 Å². The number of esters is 1. The van der Waals surface area contributed by atoms with E-state index in [-0.39, 0.29) is 37.2 Å². The lowest BCUT2D eigenvalue weighted by Gasteiger charge is -2.26. The summed E-state index contributed by atoms with van der Waals surface area (Å²) in [6.07, 6.45) is 2.86. The highest BCUT2D eigenvalue weighted by atomic mass is 16.5. The minimum atomic E-state index is -0.562. The number of hydrogen-bond donors (Lipinski definition) is 1. The first-order chi connectivity index (χ1) is 14.6. The molecule has 0 bridgehead atoms. The van der Waals surface area contributed by atoms with Crippen LogP contribution in [0.4, 0.5) is 0 Å². The molecular formula is C24H27NO5. The van der Waals surface area contributed by atoms with Crippen molar-refractivity contribution in [1.82, 2.24) is 5.32 Å². The maximum atomic E-state index is 12.2. The van der Waals surface area contributed by atoms with Crippen molar-refractivity contribution in [2.45, 2.75) is 45.1 Å². The summed E-state index contributed by atoms with van der Waals surface area (Å²) in [6, 6.07) is 14.8. The van der Waals surface area contributed by atoms with Gasteiger partial charge in [0, 0.05) is 12.0 Å². The number of hydrogen-bond acceptors (Lipinski definition) is 5. The van der Waals surface area contributed by atoms with Crippen LogP contribution in [0.5, 0.6) is 5.75 Å². The first-order valence-corrected chi connectivity index (χ1v) is 10.4. The number of ether oxygens (including phenoxy) is 2. The minimum absolute atomic E-state index is 0.0322. The molecule has 2 aromatic carbocycles. The molecule has 158 valence electrons. The number of Topliss-reactive ketones (excluding diaryl/α,β-unsaturated/α-hetero) is 1. The van der Waals surface area contributed by atoms with Gasteiger partial charge in [-0.1, -0.05) is 24.3 Å². The molecule has 0 heterocycles. The third-order valence-electron chi connectivity index (χ3n) is 5.11. The van der Waals surface area contributed by atoms with Crippen LogP contribution in [-0.4, -0.2) is 30.9 Å². The average molecular weight is 409 g/mol. The highest BCUT2D eigenvalue weighted by Crippen LogP contribution is 2.29. The Hall–Kier alpha value is -3.15. The first kappa shape index (κ1) is 21.6. The van der Waals surface area contributed by atoms with Gasteiger partial charge < -0.3 is 14.8 Å². The third-order valence-corrected chi connectivity index (χ3v) is 5.11. The molecule has 0 aromatic heterocycles. The molecule has 1 aliphatic rings. The Bertz CT molecular complexity index is 891. The van der Waals surface area contributed by atoms with Gasteiger partial charge in [0.15, 0.2) is 12.4 Å². The van der Waals surface area contributed by atoms with E-state index >= 15 is 0 Å². The van der Waals surface area contributed by atoms with E-state index in [1.165, 1.54) is 5.56 Å². The molecule has 1 aliphatic carbocycles. The van der Waals surface area contributed by atoms with Gasteiger partial charge >= 0.3 is 5.97 Å². The standard InChI is InChI=1S/C24H27NO5/c1-2-29-19-12-10-18(11-13-19)22(26)14-15-24(28)30-16-23(27)25-21-9-5-7-17-6-3-4-8-20(17)21/h3-4,6,8,10-13,21H,2,5,7,9,14-16H2,1H3,(H,25,27)/t21-/m1/s1. The highest BCUT2D eigenvalue weighted by Gasteiger charge is 2.21. The predicted molar refractivity (Wildman–Crippen MR) is 112 cm³/mol. The lowest BCUT2D eigenvalue weighted by molar-refractivity contribution is -0.148. The fourth-order valence-corrected chi connectivity index (χ4v) is 3.62. The molecule has 1 amide bonds. The molecule has 6 nitrogen and oxygen atoms in total. The number of benzene rings is 2. The van der Waals surface area contributed by atoms with Crippen LogP contribution < -0.4 is 10.1 Å². The maximum absolute atomic E-state index is 12.2. The van der Waals surface area contributed by atoms with Crippen LogP contribution in [0.1, 0.15) is 60.1 Å². The molecule has 0 fully saturated rings. The molecule has 0 spiro atoms. The summed E-state index contributed by atoms with van der Waals surface area (Å²) in [4.78, 5) is 36.3. The van der Waals surface area contributed by atoms with Gasteiger partial charge in [0.2, 0.25) is 0 Å². The van der Waals surface area contributed by atoms with E-state index in [1.54, 1.807) is 24.3 Å². The molecule has 0 saturated carbocycles. The van der Waals surface area contributed by atoms with Gasteiger partial charge in [0.25, 0.3) is 5.91 Å². The zero-order chi connectivity index (χ0) is 21.3. The number of amides is 1. The Balaban J connectivity index is 1.40. The van der Waals surface area contributed by atoms with Crippen molar-refractivity contribution in [3.63, 3.8) is 0 Å². The van der Waals surface area contributed by atoms with Crippen LogP contribution in [0.2, 0.25) is 0 Å². The van der Waals surface area contributed by atoms with Crippen LogP contribution >= 0.6 is 0 Å². The van der Waals surface area contributed by atoms with Gasteiger partial charge in [0.05, 0.1) is 19.1 Å². The zero-order valence-corrected chi connectivity index (χ0v) is 17.2. The molecule has 6 heteroatoms. The summed E-state index contributed by atoms with van der Waals surface area (Å²) >= 11 is 0. The number of nitrogens with one attached hydrogen (secondary N) is 1. The summed E-state index contributed by atoms with van der Waals surface area (Å²) in [7, 11) is 0. The van der Waals surface area contributed by atoms with Gasteiger partial charge in [-0.2, -0.15) is 0 Å². The quantitative estimate of drug-likeness (QED) is 0.503. The van der Waals surface area contributed by atoms with Crippen LogP contribution in [-0.2, 0) is 20.7 Å². The van der Waals surface area contributed by atoms with Crippen molar-refractivity contribution in [2.75, 3.05) is 13.2 Å².